The summed E-state index contributed by atoms with van der Waals surface area (Å²) < 4.78 is 5.33. The molecule has 0 radical (unpaired) electrons. The number of nitrogen functional groups attached to an aromatic ring is 1. The number of ether oxygens (including phenoxy) is 1. The molecular formula is C13H16N6O. The molecule has 2 aromatic rings. The minimum atomic E-state index is 0.228. The number of morpholine rings is 1. The number of rotatable bonds is 2. The first-order chi connectivity index (χ1) is 9.72. The summed E-state index contributed by atoms with van der Waals surface area (Å²) in [4.78, 5) is 19.2. The topological polar surface area (TPSA) is 90.0 Å². The first-order valence-corrected chi connectivity index (χ1v) is 6.49. The number of hydrogen-bond acceptors (Lipinski definition) is 7. The molecule has 0 atom stereocenters. The van der Waals surface area contributed by atoms with Gasteiger partial charge in [-0.2, -0.15) is 15.0 Å². The minimum Gasteiger partial charge on any atom is -0.378 e. The van der Waals surface area contributed by atoms with Crippen molar-refractivity contribution < 1.29 is 4.74 Å². The maximum absolute atomic E-state index is 5.81. The molecule has 0 unspecified atom stereocenters. The molecule has 3 rings (SSSR count). The lowest BCUT2D eigenvalue weighted by Gasteiger charge is -2.26. The van der Waals surface area contributed by atoms with E-state index in [9.17, 15) is 0 Å². The van der Waals surface area contributed by atoms with Gasteiger partial charge in [0.1, 0.15) is 0 Å². The van der Waals surface area contributed by atoms with Crippen LogP contribution in [0.1, 0.15) is 5.69 Å². The molecule has 1 fully saturated rings. The van der Waals surface area contributed by atoms with Gasteiger partial charge in [-0.3, -0.25) is 4.98 Å². The van der Waals surface area contributed by atoms with E-state index < -0.39 is 0 Å². The fourth-order valence-corrected chi connectivity index (χ4v) is 2.10. The number of nitrogens with two attached hydrogens (primary N) is 1. The maximum atomic E-state index is 5.81. The molecule has 7 heteroatoms. The molecule has 20 heavy (non-hydrogen) atoms. The van der Waals surface area contributed by atoms with E-state index in [1.54, 1.807) is 6.20 Å². The van der Waals surface area contributed by atoms with E-state index in [0.717, 1.165) is 24.3 Å². The second-order valence-electron chi connectivity index (χ2n) is 4.60. The molecule has 0 aromatic carbocycles. The summed E-state index contributed by atoms with van der Waals surface area (Å²) in [5, 5.41) is 0. The third-order valence-electron chi connectivity index (χ3n) is 3.09. The van der Waals surface area contributed by atoms with Crippen molar-refractivity contribution in [3.63, 3.8) is 0 Å². The molecule has 2 N–H and O–H groups in total. The Bertz CT molecular complexity index is 612. The van der Waals surface area contributed by atoms with Crippen LogP contribution in [0.5, 0.6) is 0 Å². The van der Waals surface area contributed by atoms with Gasteiger partial charge in [0.05, 0.1) is 13.2 Å². The van der Waals surface area contributed by atoms with Crippen molar-refractivity contribution in [3.05, 3.63) is 24.0 Å². The van der Waals surface area contributed by atoms with E-state index in [0.29, 0.717) is 25.0 Å². The normalized spacial score (nSPS) is 15.3. The minimum absolute atomic E-state index is 0.228. The molecule has 0 bridgehead atoms. The lowest BCUT2D eigenvalue weighted by molar-refractivity contribution is 0.122. The van der Waals surface area contributed by atoms with Gasteiger partial charge in [-0.1, -0.05) is 0 Å². The molecule has 104 valence electrons. The Labute approximate surface area is 116 Å². The van der Waals surface area contributed by atoms with Crippen LogP contribution in [-0.4, -0.2) is 46.2 Å². The first kappa shape index (κ1) is 12.7. The lowest BCUT2D eigenvalue weighted by atomic mass is 10.2. The third kappa shape index (κ3) is 2.67. The van der Waals surface area contributed by atoms with Gasteiger partial charge in [0.15, 0.2) is 5.82 Å². The molecular weight excluding hydrogens is 256 g/mol. The van der Waals surface area contributed by atoms with Crippen LogP contribution in [0.2, 0.25) is 0 Å². The molecule has 1 aliphatic heterocycles. The van der Waals surface area contributed by atoms with E-state index in [1.165, 1.54) is 0 Å². The summed E-state index contributed by atoms with van der Waals surface area (Å²) in [6, 6.07) is 3.79. The van der Waals surface area contributed by atoms with Gasteiger partial charge in [-0.15, -0.1) is 0 Å². The summed E-state index contributed by atoms with van der Waals surface area (Å²) in [6.07, 6.45) is 1.74. The number of pyridine rings is 1. The van der Waals surface area contributed by atoms with E-state index >= 15 is 0 Å². The fraction of sp³-hybridized carbons (Fsp3) is 0.385. The molecule has 0 saturated carbocycles. The SMILES string of the molecule is Cc1cc(-c2nc(N)nc(N3CCOCC3)n2)ccn1. The zero-order valence-corrected chi connectivity index (χ0v) is 11.3. The number of hydrogen-bond donors (Lipinski definition) is 1. The second-order valence-corrected chi connectivity index (χ2v) is 4.60. The fourth-order valence-electron chi connectivity index (χ4n) is 2.10. The van der Waals surface area contributed by atoms with Gasteiger partial charge in [0, 0.05) is 30.5 Å². The largest absolute Gasteiger partial charge is 0.378 e. The van der Waals surface area contributed by atoms with Gasteiger partial charge < -0.3 is 15.4 Å². The monoisotopic (exact) mass is 272 g/mol. The zero-order chi connectivity index (χ0) is 13.9. The Morgan fingerprint density at radius 2 is 2.00 bits per heavy atom. The summed E-state index contributed by atoms with van der Waals surface area (Å²) >= 11 is 0. The molecule has 7 nitrogen and oxygen atoms in total. The second kappa shape index (κ2) is 5.38. The standard InChI is InChI=1S/C13H16N6O/c1-9-8-10(2-3-15-9)11-16-12(14)18-13(17-11)19-4-6-20-7-5-19/h2-3,8H,4-7H2,1H3,(H2,14,16,17,18). The Morgan fingerprint density at radius 3 is 2.75 bits per heavy atom. The van der Waals surface area contributed by atoms with Crippen molar-refractivity contribution >= 4 is 11.9 Å². The van der Waals surface area contributed by atoms with Crippen molar-refractivity contribution in [2.45, 2.75) is 6.92 Å². The number of anilines is 2. The Kier molecular flexibility index (Phi) is 3.42. The van der Waals surface area contributed by atoms with Crippen LogP contribution in [-0.2, 0) is 4.74 Å². The van der Waals surface area contributed by atoms with Crippen molar-refractivity contribution in [3.8, 4) is 11.4 Å². The number of nitrogens with zero attached hydrogens (tertiary/aromatic N) is 5. The van der Waals surface area contributed by atoms with E-state index in [1.807, 2.05) is 19.1 Å². The van der Waals surface area contributed by atoms with Crippen LogP contribution >= 0.6 is 0 Å². The average molecular weight is 272 g/mol. The predicted octanol–water partition coefficient (Wildman–Crippen LogP) is 0.661. The Morgan fingerprint density at radius 1 is 1.20 bits per heavy atom. The first-order valence-electron chi connectivity index (χ1n) is 6.49. The smallest absolute Gasteiger partial charge is 0.230 e. The van der Waals surface area contributed by atoms with Crippen molar-refractivity contribution in [1.82, 2.24) is 19.9 Å². The summed E-state index contributed by atoms with van der Waals surface area (Å²) in [7, 11) is 0. The van der Waals surface area contributed by atoms with E-state index in [4.69, 9.17) is 10.5 Å². The summed E-state index contributed by atoms with van der Waals surface area (Å²) in [6.45, 7) is 4.80. The highest BCUT2D eigenvalue weighted by atomic mass is 16.5. The highest BCUT2D eigenvalue weighted by molar-refractivity contribution is 5.57. The van der Waals surface area contributed by atoms with Crippen LogP contribution in [0.3, 0.4) is 0 Å². The highest BCUT2D eigenvalue weighted by Crippen LogP contribution is 2.19. The van der Waals surface area contributed by atoms with Crippen molar-refractivity contribution in [1.29, 1.82) is 0 Å². The molecule has 1 saturated heterocycles. The Balaban J connectivity index is 1.97. The molecule has 2 aromatic heterocycles. The lowest BCUT2D eigenvalue weighted by Crippen LogP contribution is -2.37. The van der Waals surface area contributed by atoms with Crippen LogP contribution in [0, 0.1) is 6.92 Å². The van der Waals surface area contributed by atoms with Gasteiger partial charge >= 0.3 is 0 Å². The van der Waals surface area contributed by atoms with Crippen LogP contribution < -0.4 is 10.6 Å². The van der Waals surface area contributed by atoms with Crippen LogP contribution in [0.4, 0.5) is 11.9 Å². The zero-order valence-electron chi connectivity index (χ0n) is 11.3. The van der Waals surface area contributed by atoms with E-state index in [-0.39, 0.29) is 5.95 Å². The number of aryl methyl sites for hydroxylation is 1. The maximum Gasteiger partial charge on any atom is 0.230 e. The molecule has 0 spiro atoms. The molecule has 1 aliphatic rings. The molecule has 0 aliphatic carbocycles. The quantitative estimate of drug-likeness (QED) is 0.858. The van der Waals surface area contributed by atoms with Gasteiger partial charge in [0.25, 0.3) is 0 Å². The molecule has 3 heterocycles. The summed E-state index contributed by atoms with van der Waals surface area (Å²) in [5.41, 5.74) is 7.61. The van der Waals surface area contributed by atoms with Gasteiger partial charge in [-0.25, -0.2) is 0 Å². The van der Waals surface area contributed by atoms with Crippen LogP contribution in [0.15, 0.2) is 18.3 Å². The predicted molar refractivity (Wildman–Crippen MR) is 75.2 cm³/mol. The van der Waals surface area contributed by atoms with Crippen molar-refractivity contribution in [2.75, 3.05) is 36.9 Å². The van der Waals surface area contributed by atoms with Crippen molar-refractivity contribution in [2.24, 2.45) is 0 Å². The number of aromatic nitrogens is 4. The van der Waals surface area contributed by atoms with E-state index in [2.05, 4.69) is 24.8 Å². The Hall–Kier alpha value is -2.28. The molecule has 0 amide bonds. The third-order valence-corrected chi connectivity index (χ3v) is 3.09. The van der Waals surface area contributed by atoms with Gasteiger partial charge in [0.2, 0.25) is 11.9 Å². The van der Waals surface area contributed by atoms with Gasteiger partial charge in [-0.05, 0) is 19.1 Å². The summed E-state index contributed by atoms with van der Waals surface area (Å²) in [5.74, 6) is 1.40. The van der Waals surface area contributed by atoms with Crippen LogP contribution in [0.25, 0.3) is 11.4 Å². The average Bonchev–Trinajstić information content (AvgIpc) is 2.47. The highest BCUT2D eigenvalue weighted by Gasteiger charge is 2.16.